The van der Waals surface area contributed by atoms with Gasteiger partial charge >= 0.3 is 0 Å². The number of aliphatic hydroxyl groups excluding tert-OH is 2. The molecule has 2 rings (SSSR count). The predicted octanol–water partition coefficient (Wildman–Crippen LogP) is -0.830. The third-order valence-corrected chi connectivity index (χ3v) is 3.18. The highest BCUT2D eigenvalue weighted by Gasteiger charge is 2.25. The fourth-order valence-electron chi connectivity index (χ4n) is 2.09. The fraction of sp³-hybridized carbons (Fsp3) is 0.462. The van der Waals surface area contributed by atoms with Crippen LogP contribution >= 0.6 is 0 Å². The van der Waals surface area contributed by atoms with Gasteiger partial charge in [0.1, 0.15) is 0 Å². The Morgan fingerprint density at radius 2 is 2.00 bits per heavy atom. The van der Waals surface area contributed by atoms with Crippen molar-refractivity contribution in [3.8, 4) is 0 Å². The number of hydrogen-bond acceptors (Lipinski definition) is 4. The number of carbonyl (C=O) groups is 1. The molecule has 0 bridgehead atoms. The Labute approximate surface area is 106 Å². The second kappa shape index (κ2) is 5.95. The van der Waals surface area contributed by atoms with E-state index in [0.717, 1.165) is 0 Å². The molecule has 0 fully saturated rings. The Balaban J connectivity index is 1.98. The van der Waals surface area contributed by atoms with E-state index in [4.69, 9.17) is 10.2 Å². The molecule has 18 heavy (non-hydrogen) atoms. The molecule has 0 aromatic heterocycles. The summed E-state index contributed by atoms with van der Waals surface area (Å²) >= 11 is 0. The van der Waals surface area contributed by atoms with Crippen LogP contribution in [0.15, 0.2) is 24.3 Å². The number of nitrogens with one attached hydrogen (secondary N) is 2. The number of rotatable bonds is 4. The van der Waals surface area contributed by atoms with Crippen molar-refractivity contribution in [2.75, 3.05) is 13.2 Å². The minimum atomic E-state index is -0.587. The topological polar surface area (TPSA) is 81.6 Å². The molecule has 1 heterocycles. The minimum absolute atomic E-state index is 0.183. The van der Waals surface area contributed by atoms with Crippen LogP contribution in [-0.4, -0.2) is 41.4 Å². The second-order valence-electron chi connectivity index (χ2n) is 4.48. The van der Waals surface area contributed by atoms with Gasteiger partial charge in [-0.2, -0.15) is 0 Å². The Bertz CT molecular complexity index is 418. The van der Waals surface area contributed by atoms with Crippen molar-refractivity contribution in [3.63, 3.8) is 0 Å². The SMILES string of the molecule is O=C(NC(CO)CO)[C@H]1Cc2ccccc2CN1. The summed E-state index contributed by atoms with van der Waals surface area (Å²) in [5, 5.41) is 23.6. The van der Waals surface area contributed by atoms with Crippen molar-refractivity contribution in [1.82, 2.24) is 10.6 Å². The number of hydrogen-bond donors (Lipinski definition) is 4. The molecule has 0 saturated heterocycles. The molecule has 1 aliphatic heterocycles. The maximum Gasteiger partial charge on any atom is 0.237 e. The molecule has 0 radical (unpaired) electrons. The molecular formula is C13H18N2O3. The molecule has 0 aliphatic carbocycles. The molecule has 0 unspecified atom stereocenters. The van der Waals surface area contributed by atoms with E-state index < -0.39 is 6.04 Å². The van der Waals surface area contributed by atoms with Crippen LogP contribution in [0.2, 0.25) is 0 Å². The van der Waals surface area contributed by atoms with Crippen molar-refractivity contribution in [3.05, 3.63) is 35.4 Å². The highest BCUT2D eigenvalue weighted by Crippen LogP contribution is 2.16. The predicted molar refractivity (Wildman–Crippen MR) is 66.9 cm³/mol. The highest BCUT2D eigenvalue weighted by atomic mass is 16.3. The number of fused-ring (bicyclic) bond motifs is 1. The lowest BCUT2D eigenvalue weighted by Crippen LogP contribution is -2.52. The summed E-state index contributed by atoms with van der Waals surface area (Å²) < 4.78 is 0. The minimum Gasteiger partial charge on any atom is -0.394 e. The summed E-state index contributed by atoms with van der Waals surface area (Å²) in [4.78, 5) is 11.9. The molecule has 5 nitrogen and oxygen atoms in total. The zero-order valence-corrected chi connectivity index (χ0v) is 10.1. The van der Waals surface area contributed by atoms with Crippen LogP contribution in [0.4, 0.5) is 0 Å². The zero-order valence-electron chi connectivity index (χ0n) is 10.1. The molecule has 0 saturated carbocycles. The van der Waals surface area contributed by atoms with E-state index in [0.29, 0.717) is 13.0 Å². The molecule has 98 valence electrons. The highest BCUT2D eigenvalue weighted by molar-refractivity contribution is 5.82. The molecular weight excluding hydrogens is 232 g/mol. The summed E-state index contributed by atoms with van der Waals surface area (Å²) in [5.74, 6) is -0.183. The number of benzene rings is 1. The van der Waals surface area contributed by atoms with Gasteiger partial charge < -0.3 is 20.8 Å². The smallest absolute Gasteiger partial charge is 0.237 e. The van der Waals surface area contributed by atoms with Gasteiger partial charge in [-0.05, 0) is 17.5 Å². The molecule has 1 atom stereocenters. The third-order valence-electron chi connectivity index (χ3n) is 3.18. The van der Waals surface area contributed by atoms with E-state index in [2.05, 4.69) is 10.6 Å². The average molecular weight is 250 g/mol. The standard InChI is InChI=1S/C13H18N2O3/c16-7-11(8-17)15-13(18)12-5-9-3-1-2-4-10(9)6-14-12/h1-4,11-12,14,16-17H,5-8H2,(H,15,18)/t12-/m1/s1. The van der Waals surface area contributed by atoms with E-state index in [1.807, 2.05) is 24.3 Å². The average Bonchev–Trinajstić information content (AvgIpc) is 2.44. The molecule has 1 aromatic rings. The van der Waals surface area contributed by atoms with Gasteiger partial charge in [0.25, 0.3) is 0 Å². The van der Waals surface area contributed by atoms with Gasteiger partial charge in [-0.15, -0.1) is 0 Å². The number of amides is 1. The van der Waals surface area contributed by atoms with Crippen LogP contribution in [0.1, 0.15) is 11.1 Å². The molecule has 5 heteroatoms. The summed E-state index contributed by atoms with van der Waals surface area (Å²) in [6.07, 6.45) is 0.631. The van der Waals surface area contributed by atoms with Gasteiger partial charge in [-0.3, -0.25) is 4.79 Å². The third kappa shape index (κ3) is 2.87. The maximum atomic E-state index is 11.9. The van der Waals surface area contributed by atoms with Crippen LogP contribution in [0.3, 0.4) is 0 Å². The van der Waals surface area contributed by atoms with Gasteiger partial charge in [0.2, 0.25) is 5.91 Å². The summed E-state index contributed by atoms with van der Waals surface area (Å²) in [6, 6.07) is 7.11. The second-order valence-corrected chi connectivity index (χ2v) is 4.48. The molecule has 1 aromatic carbocycles. The van der Waals surface area contributed by atoms with E-state index in [1.165, 1.54) is 11.1 Å². The zero-order chi connectivity index (χ0) is 13.0. The molecule has 4 N–H and O–H groups in total. The van der Waals surface area contributed by atoms with Gasteiger partial charge in [0.15, 0.2) is 0 Å². The Kier molecular flexibility index (Phi) is 4.30. The van der Waals surface area contributed by atoms with Crippen molar-refractivity contribution in [2.24, 2.45) is 0 Å². The first-order valence-electron chi connectivity index (χ1n) is 6.07. The molecule has 0 spiro atoms. The van der Waals surface area contributed by atoms with E-state index in [9.17, 15) is 4.79 Å². The lowest BCUT2D eigenvalue weighted by atomic mass is 9.95. The normalized spacial score (nSPS) is 18.5. The Morgan fingerprint density at radius 1 is 1.33 bits per heavy atom. The van der Waals surface area contributed by atoms with E-state index in [1.54, 1.807) is 0 Å². The van der Waals surface area contributed by atoms with Crippen molar-refractivity contribution in [1.29, 1.82) is 0 Å². The van der Waals surface area contributed by atoms with Crippen molar-refractivity contribution in [2.45, 2.75) is 25.0 Å². The van der Waals surface area contributed by atoms with Crippen LogP contribution in [-0.2, 0) is 17.8 Å². The van der Waals surface area contributed by atoms with Crippen molar-refractivity contribution < 1.29 is 15.0 Å². The van der Waals surface area contributed by atoms with Crippen molar-refractivity contribution >= 4 is 5.91 Å². The molecule has 1 amide bonds. The van der Waals surface area contributed by atoms with Crippen LogP contribution in [0.25, 0.3) is 0 Å². The van der Waals surface area contributed by atoms with Gasteiger partial charge in [-0.1, -0.05) is 24.3 Å². The van der Waals surface area contributed by atoms with Crippen LogP contribution < -0.4 is 10.6 Å². The van der Waals surface area contributed by atoms with E-state index >= 15 is 0 Å². The first-order valence-corrected chi connectivity index (χ1v) is 6.07. The fourth-order valence-corrected chi connectivity index (χ4v) is 2.09. The van der Waals surface area contributed by atoms with Gasteiger partial charge in [0.05, 0.1) is 25.3 Å². The molecule has 1 aliphatic rings. The quantitative estimate of drug-likeness (QED) is 0.562. The lowest BCUT2D eigenvalue weighted by molar-refractivity contribution is -0.124. The lowest BCUT2D eigenvalue weighted by Gasteiger charge is -2.26. The number of carbonyl (C=O) groups excluding carboxylic acids is 1. The monoisotopic (exact) mass is 250 g/mol. The summed E-state index contributed by atoms with van der Waals surface area (Å²) in [5.41, 5.74) is 2.38. The van der Waals surface area contributed by atoms with Gasteiger partial charge in [0, 0.05) is 6.54 Å². The summed E-state index contributed by atoms with van der Waals surface area (Å²) in [7, 11) is 0. The van der Waals surface area contributed by atoms with Crippen LogP contribution in [0.5, 0.6) is 0 Å². The van der Waals surface area contributed by atoms with Crippen LogP contribution in [0, 0.1) is 0 Å². The maximum absolute atomic E-state index is 11.9. The summed E-state index contributed by atoms with van der Waals surface area (Å²) in [6.45, 7) is 0.147. The first-order chi connectivity index (χ1) is 8.74. The Morgan fingerprint density at radius 3 is 2.67 bits per heavy atom. The van der Waals surface area contributed by atoms with E-state index in [-0.39, 0.29) is 25.2 Å². The van der Waals surface area contributed by atoms with Gasteiger partial charge in [-0.25, -0.2) is 0 Å². The Hall–Kier alpha value is -1.43. The number of aliphatic hydroxyl groups is 2. The first kappa shape index (κ1) is 13.0. The largest absolute Gasteiger partial charge is 0.394 e.